The van der Waals surface area contributed by atoms with E-state index in [4.69, 9.17) is 5.73 Å². The molecule has 0 unspecified atom stereocenters. The fraction of sp³-hybridized carbons (Fsp3) is 0.654. The third-order valence-electron chi connectivity index (χ3n) is 8.46. The molecule has 6 rings (SSSR count). The first-order valence-corrected chi connectivity index (χ1v) is 12.6. The van der Waals surface area contributed by atoms with Crippen LogP contribution in [0, 0.1) is 23.2 Å². The van der Waals surface area contributed by atoms with Gasteiger partial charge in [0.2, 0.25) is 17.7 Å². The number of amides is 3. The maximum absolute atomic E-state index is 13.6. The number of hydrogen-bond acceptors (Lipinski definition) is 4. The number of anilines is 1. The van der Waals surface area contributed by atoms with Crippen molar-refractivity contribution < 1.29 is 14.4 Å². The molecule has 1 aromatic rings. The smallest absolute Gasteiger partial charge is 0.241 e. The van der Waals surface area contributed by atoms with Crippen LogP contribution in [0.2, 0.25) is 0 Å². The van der Waals surface area contributed by atoms with E-state index in [0.29, 0.717) is 32.1 Å². The van der Waals surface area contributed by atoms with E-state index in [1.807, 2.05) is 30.3 Å². The molecule has 2 N–H and O–H groups in total. The number of rotatable bonds is 7. The molecule has 0 radical (unpaired) electrons. The van der Waals surface area contributed by atoms with Gasteiger partial charge in [0.1, 0.15) is 0 Å². The van der Waals surface area contributed by atoms with Crippen LogP contribution in [0.25, 0.3) is 0 Å². The topological polar surface area (TPSA) is 86.9 Å². The zero-order chi connectivity index (χ0) is 23.0. The van der Waals surface area contributed by atoms with Crippen LogP contribution in [0.1, 0.15) is 44.9 Å². The molecule has 4 saturated carbocycles. The van der Waals surface area contributed by atoms with Crippen molar-refractivity contribution in [2.24, 2.45) is 28.9 Å². The third-order valence-corrected chi connectivity index (χ3v) is 8.46. The highest BCUT2D eigenvalue weighted by atomic mass is 16.2. The molecule has 33 heavy (non-hydrogen) atoms. The Labute approximate surface area is 196 Å². The van der Waals surface area contributed by atoms with Gasteiger partial charge in [-0.2, -0.15) is 0 Å². The lowest BCUT2D eigenvalue weighted by molar-refractivity contribution is -0.159. The van der Waals surface area contributed by atoms with Crippen molar-refractivity contribution in [3.8, 4) is 0 Å². The highest BCUT2D eigenvalue weighted by Gasteiger charge is 2.55. The molecule has 1 aliphatic heterocycles. The summed E-state index contributed by atoms with van der Waals surface area (Å²) in [6.07, 6.45) is 7.46. The maximum atomic E-state index is 13.6. The van der Waals surface area contributed by atoms with Crippen molar-refractivity contribution in [1.29, 1.82) is 0 Å². The SMILES string of the molecule is NC(=O)CCN(C(=O)CN1CCN(C(=O)C23CC4CC(CC(C4)C2)C3)CC1)c1ccccc1. The number of para-hydroxylation sites is 1. The first-order valence-electron chi connectivity index (χ1n) is 12.6. The largest absolute Gasteiger partial charge is 0.370 e. The van der Waals surface area contributed by atoms with Gasteiger partial charge in [-0.15, -0.1) is 0 Å². The van der Waals surface area contributed by atoms with Crippen LogP contribution < -0.4 is 10.6 Å². The molecule has 178 valence electrons. The first-order chi connectivity index (χ1) is 15.9. The monoisotopic (exact) mass is 452 g/mol. The fourth-order valence-electron chi connectivity index (χ4n) is 7.32. The van der Waals surface area contributed by atoms with Gasteiger partial charge in [0.05, 0.1) is 12.0 Å². The van der Waals surface area contributed by atoms with Crippen molar-refractivity contribution in [1.82, 2.24) is 9.80 Å². The molecule has 0 aromatic heterocycles. The van der Waals surface area contributed by atoms with Gasteiger partial charge in [-0.05, 0) is 68.4 Å². The van der Waals surface area contributed by atoms with Gasteiger partial charge in [0.25, 0.3) is 0 Å². The van der Waals surface area contributed by atoms with Gasteiger partial charge in [-0.1, -0.05) is 18.2 Å². The molecule has 5 fully saturated rings. The number of benzene rings is 1. The summed E-state index contributed by atoms with van der Waals surface area (Å²) in [7, 11) is 0. The minimum atomic E-state index is -0.416. The number of nitrogens with two attached hydrogens (primary N) is 1. The van der Waals surface area contributed by atoms with E-state index >= 15 is 0 Å². The van der Waals surface area contributed by atoms with Gasteiger partial charge in [0.15, 0.2) is 0 Å². The molecule has 0 atom stereocenters. The lowest BCUT2D eigenvalue weighted by Gasteiger charge is -2.57. The maximum Gasteiger partial charge on any atom is 0.241 e. The minimum Gasteiger partial charge on any atom is -0.370 e. The number of carbonyl (C=O) groups is 3. The van der Waals surface area contributed by atoms with E-state index in [1.165, 1.54) is 19.3 Å². The van der Waals surface area contributed by atoms with Gasteiger partial charge < -0.3 is 15.5 Å². The van der Waals surface area contributed by atoms with Crippen molar-refractivity contribution >= 4 is 23.4 Å². The molecule has 3 amide bonds. The Kier molecular flexibility index (Phi) is 6.16. The Balaban J connectivity index is 1.17. The Morgan fingerprint density at radius 2 is 1.48 bits per heavy atom. The summed E-state index contributed by atoms with van der Waals surface area (Å²) in [5.41, 5.74) is 6.02. The van der Waals surface area contributed by atoms with Crippen molar-refractivity contribution in [3.05, 3.63) is 30.3 Å². The second kappa shape index (κ2) is 9.09. The van der Waals surface area contributed by atoms with E-state index in [0.717, 1.165) is 42.7 Å². The molecular formula is C26H36N4O3. The molecule has 4 aliphatic carbocycles. The van der Waals surface area contributed by atoms with Crippen LogP contribution in [-0.4, -0.2) is 66.8 Å². The summed E-state index contributed by atoms with van der Waals surface area (Å²) in [4.78, 5) is 43.9. The highest BCUT2D eigenvalue weighted by molar-refractivity contribution is 5.95. The Morgan fingerprint density at radius 3 is 2.03 bits per heavy atom. The second-order valence-electron chi connectivity index (χ2n) is 10.9. The number of piperazine rings is 1. The fourth-order valence-corrected chi connectivity index (χ4v) is 7.32. The Morgan fingerprint density at radius 1 is 0.909 bits per heavy atom. The average molecular weight is 453 g/mol. The molecule has 7 nitrogen and oxygen atoms in total. The molecule has 0 spiro atoms. The summed E-state index contributed by atoms with van der Waals surface area (Å²) in [6, 6.07) is 9.42. The summed E-state index contributed by atoms with van der Waals surface area (Å²) in [5, 5.41) is 0. The molecule has 1 saturated heterocycles. The molecule has 1 aromatic carbocycles. The standard InChI is InChI=1S/C26H36N4O3/c27-23(31)6-7-30(22-4-2-1-3-5-22)24(32)18-28-8-10-29(11-9-28)25(33)26-15-19-12-20(16-26)14-21(13-19)17-26/h1-5,19-21H,6-18H2,(H2,27,31). The quantitative estimate of drug-likeness (QED) is 0.688. The van der Waals surface area contributed by atoms with Gasteiger partial charge in [-0.3, -0.25) is 19.3 Å². The van der Waals surface area contributed by atoms with Crippen LogP contribution in [-0.2, 0) is 14.4 Å². The lowest BCUT2D eigenvalue weighted by atomic mass is 9.49. The number of hydrogen-bond donors (Lipinski definition) is 1. The van der Waals surface area contributed by atoms with Crippen LogP contribution in [0.5, 0.6) is 0 Å². The highest BCUT2D eigenvalue weighted by Crippen LogP contribution is 2.60. The lowest BCUT2D eigenvalue weighted by Crippen LogP contribution is -2.58. The minimum absolute atomic E-state index is 0.0386. The summed E-state index contributed by atoms with van der Waals surface area (Å²) in [6.45, 7) is 3.38. The van der Waals surface area contributed by atoms with Crippen molar-refractivity contribution in [3.63, 3.8) is 0 Å². The van der Waals surface area contributed by atoms with Crippen LogP contribution >= 0.6 is 0 Å². The number of carbonyl (C=O) groups excluding carboxylic acids is 3. The number of nitrogens with zero attached hydrogens (tertiary/aromatic N) is 3. The van der Waals surface area contributed by atoms with Crippen LogP contribution in [0.15, 0.2) is 30.3 Å². The normalized spacial score (nSPS) is 30.9. The third kappa shape index (κ3) is 4.65. The molecular weight excluding hydrogens is 416 g/mol. The van der Waals surface area contributed by atoms with Crippen molar-refractivity contribution in [2.75, 3.05) is 44.2 Å². The second-order valence-corrected chi connectivity index (χ2v) is 10.9. The Bertz CT molecular complexity index is 859. The van der Waals surface area contributed by atoms with E-state index in [9.17, 15) is 14.4 Å². The van der Waals surface area contributed by atoms with Crippen molar-refractivity contribution in [2.45, 2.75) is 44.9 Å². The first kappa shape index (κ1) is 22.4. The van der Waals surface area contributed by atoms with E-state index in [2.05, 4.69) is 9.80 Å². The predicted molar refractivity (Wildman–Crippen MR) is 126 cm³/mol. The number of primary amides is 1. The van der Waals surface area contributed by atoms with E-state index in [-0.39, 0.29) is 30.8 Å². The van der Waals surface area contributed by atoms with Gasteiger partial charge in [0, 0.05) is 44.8 Å². The predicted octanol–water partition coefficient (Wildman–Crippen LogP) is 2.26. The molecule has 7 heteroatoms. The zero-order valence-corrected chi connectivity index (χ0v) is 19.5. The zero-order valence-electron chi connectivity index (χ0n) is 19.5. The molecule has 1 heterocycles. The summed E-state index contributed by atoms with van der Waals surface area (Å²) >= 11 is 0. The van der Waals surface area contributed by atoms with Crippen LogP contribution in [0.4, 0.5) is 5.69 Å². The summed E-state index contributed by atoms with van der Waals surface area (Å²) in [5.74, 6) is 2.24. The Hall–Kier alpha value is -2.41. The van der Waals surface area contributed by atoms with Gasteiger partial charge in [-0.25, -0.2) is 0 Å². The summed E-state index contributed by atoms with van der Waals surface area (Å²) < 4.78 is 0. The van der Waals surface area contributed by atoms with E-state index in [1.54, 1.807) is 4.90 Å². The van der Waals surface area contributed by atoms with Crippen LogP contribution in [0.3, 0.4) is 0 Å². The van der Waals surface area contributed by atoms with E-state index < -0.39 is 5.91 Å². The van der Waals surface area contributed by atoms with Gasteiger partial charge >= 0.3 is 0 Å². The molecule has 4 bridgehead atoms. The average Bonchev–Trinajstić information content (AvgIpc) is 2.79. The molecule has 5 aliphatic rings.